The number of nitrogens with one attached hydrogen (secondary N) is 1. The lowest BCUT2D eigenvalue weighted by Crippen LogP contribution is -2.09. The number of hydrogen-bond acceptors (Lipinski definition) is 2. The monoisotopic (exact) mass is 372 g/mol. The lowest BCUT2D eigenvalue weighted by molar-refractivity contribution is 0.835. The molecule has 0 unspecified atom stereocenters. The largest absolute Gasteiger partial charge is 0.278 e. The zero-order valence-electron chi connectivity index (χ0n) is 17.8. The minimum absolute atomic E-state index is 0.445. The molecule has 0 amide bonds. The molecule has 0 saturated heterocycles. The standard InChI is InChI=1S/C26H32N2/c1-18(2)23-15-10-16-24(19(3)4)26(23)28-27-25(21-12-7-6-8-13-21)17-22-14-9-11-20(22)5/h6-13,15-16,18-19,28H,14,17H2,1-5H3. The van der Waals surface area contributed by atoms with E-state index in [1.165, 1.54) is 27.8 Å². The van der Waals surface area contributed by atoms with E-state index < -0.39 is 0 Å². The number of hydrazone groups is 1. The van der Waals surface area contributed by atoms with Crippen molar-refractivity contribution in [1.29, 1.82) is 0 Å². The number of benzene rings is 2. The van der Waals surface area contributed by atoms with Crippen LogP contribution < -0.4 is 5.43 Å². The van der Waals surface area contributed by atoms with E-state index >= 15 is 0 Å². The van der Waals surface area contributed by atoms with Crippen LogP contribution in [0.1, 0.15) is 76.0 Å². The van der Waals surface area contributed by atoms with Crippen molar-refractivity contribution in [2.75, 3.05) is 5.43 Å². The maximum Gasteiger partial charge on any atom is 0.0720 e. The molecule has 1 aliphatic rings. The molecule has 0 spiro atoms. The van der Waals surface area contributed by atoms with Gasteiger partial charge in [0.1, 0.15) is 0 Å². The van der Waals surface area contributed by atoms with Crippen molar-refractivity contribution in [2.24, 2.45) is 5.10 Å². The highest BCUT2D eigenvalue weighted by atomic mass is 15.3. The molecule has 146 valence electrons. The molecule has 0 atom stereocenters. The minimum Gasteiger partial charge on any atom is -0.278 e. The van der Waals surface area contributed by atoms with Crippen LogP contribution in [0.5, 0.6) is 0 Å². The number of para-hydroxylation sites is 1. The molecule has 0 aliphatic heterocycles. The average molecular weight is 373 g/mol. The summed E-state index contributed by atoms with van der Waals surface area (Å²) in [4.78, 5) is 0. The van der Waals surface area contributed by atoms with Gasteiger partial charge in [0.15, 0.2) is 0 Å². The normalized spacial score (nSPS) is 14.5. The topological polar surface area (TPSA) is 24.4 Å². The fourth-order valence-electron chi connectivity index (χ4n) is 3.71. The van der Waals surface area contributed by atoms with Crippen molar-refractivity contribution in [3.05, 3.63) is 88.5 Å². The number of hydrogen-bond donors (Lipinski definition) is 1. The summed E-state index contributed by atoms with van der Waals surface area (Å²) < 4.78 is 0. The van der Waals surface area contributed by atoms with E-state index in [0.29, 0.717) is 11.8 Å². The molecule has 0 aromatic heterocycles. The Morgan fingerprint density at radius 1 is 0.929 bits per heavy atom. The van der Waals surface area contributed by atoms with Gasteiger partial charge in [-0.15, -0.1) is 0 Å². The van der Waals surface area contributed by atoms with Gasteiger partial charge in [0.25, 0.3) is 0 Å². The van der Waals surface area contributed by atoms with Crippen LogP contribution in [0, 0.1) is 0 Å². The molecule has 1 aliphatic carbocycles. The Morgan fingerprint density at radius 2 is 1.57 bits per heavy atom. The van der Waals surface area contributed by atoms with E-state index in [-0.39, 0.29) is 0 Å². The zero-order valence-corrected chi connectivity index (χ0v) is 17.8. The molecule has 0 saturated carbocycles. The van der Waals surface area contributed by atoms with Crippen LogP contribution in [0.2, 0.25) is 0 Å². The second-order valence-corrected chi connectivity index (χ2v) is 8.23. The first-order chi connectivity index (χ1) is 13.5. The van der Waals surface area contributed by atoms with Crippen LogP contribution in [-0.2, 0) is 0 Å². The van der Waals surface area contributed by atoms with Gasteiger partial charge in [0.2, 0.25) is 0 Å². The zero-order chi connectivity index (χ0) is 20.1. The van der Waals surface area contributed by atoms with E-state index in [1.807, 2.05) is 0 Å². The second-order valence-electron chi connectivity index (χ2n) is 8.23. The van der Waals surface area contributed by atoms with Gasteiger partial charge in [0, 0.05) is 6.42 Å². The molecule has 1 N–H and O–H groups in total. The summed E-state index contributed by atoms with van der Waals surface area (Å²) in [6, 6.07) is 17.1. The van der Waals surface area contributed by atoms with E-state index in [9.17, 15) is 0 Å². The highest BCUT2D eigenvalue weighted by Gasteiger charge is 2.15. The quantitative estimate of drug-likeness (QED) is 0.397. The van der Waals surface area contributed by atoms with Gasteiger partial charge in [-0.25, -0.2) is 0 Å². The molecule has 3 rings (SSSR count). The Kier molecular flexibility index (Phi) is 6.51. The summed E-state index contributed by atoms with van der Waals surface area (Å²) in [5.41, 5.74) is 12.4. The van der Waals surface area contributed by atoms with Gasteiger partial charge in [-0.1, -0.05) is 99.5 Å². The van der Waals surface area contributed by atoms with E-state index in [2.05, 4.69) is 101 Å². The van der Waals surface area contributed by atoms with Gasteiger partial charge < -0.3 is 0 Å². The summed E-state index contributed by atoms with van der Waals surface area (Å²) in [6.45, 7) is 11.2. The van der Waals surface area contributed by atoms with Crippen molar-refractivity contribution >= 4 is 11.4 Å². The Bertz CT molecular complexity index is 873. The molecule has 0 bridgehead atoms. The third kappa shape index (κ3) is 4.62. The summed E-state index contributed by atoms with van der Waals surface area (Å²) in [7, 11) is 0. The molecule has 2 aromatic rings. The van der Waals surface area contributed by atoms with Gasteiger partial charge in [-0.2, -0.15) is 5.10 Å². The summed E-state index contributed by atoms with van der Waals surface area (Å²) in [6.07, 6.45) is 6.36. The first-order valence-corrected chi connectivity index (χ1v) is 10.3. The molecule has 2 heteroatoms. The molecular formula is C26H32N2. The Labute approximate surface area is 170 Å². The SMILES string of the molecule is CC1=C(CC(=NNc2c(C(C)C)cccc2C(C)C)c2ccccc2)CC=C1. The van der Waals surface area contributed by atoms with Crippen LogP contribution in [0.3, 0.4) is 0 Å². The van der Waals surface area contributed by atoms with Crippen LogP contribution in [0.25, 0.3) is 0 Å². The second kappa shape index (κ2) is 9.05. The van der Waals surface area contributed by atoms with Crippen LogP contribution >= 0.6 is 0 Å². The van der Waals surface area contributed by atoms with E-state index in [0.717, 1.165) is 24.2 Å². The third-order valence-corrected chi connectivity index (χ3v) is 5.45. The number of rotatable bonds is 7. The molecule has 2 nitrogen and oxygen atoms in total. The maximum atomic E-state index is 4.95. The minimum atomic E-state index is 0.445. The fourth-order valence-corrected chi connectivity index (χ4v) is 3.71. The first kappa shape index (κ1) is 20.1. The van der Waals surface area contributed by atoms with E-state index in [4.69, 9.17) is 5.10 Å². The van der Waals surface area contributed by atoms with Crippen molar-refractivity contribution in [2.45, 2.75) is 59.3 Å². The van der Waals surface area contributed by atoms with Crippen molar-refractivity contribution in [3.63, 3.8) is 0 Å². The van der Waals surface area contributed by atoms with Crippen molar-refractivity contribution < 1.29 is 0 Å². The molecular weight excluding hydrogens is 340 g/mol. The first-order valence-electron chi connectivity index (χ1n) is 10.3. The Hall–Kier alpha value is -2.61. The van der Waals surface area contributed by atoms with Gasteiger partial charge in [-0.3, -0.25) is 5.43 Å². The van der Waals surface area contributed by atoms with Gasteiger partial charge in [-0.05, 0) is 41.9 Å². The number of allylic oxidation sites excluding steroid dienone is 4. The average Bonchev–Trinajstić information content (AvgIpc) is 3.09. The highest BCUT2D eigenvalue weighted by molar-refractivity contribution is 6.02. The smallest absolute Gasteiger partial charge is 0.0720 e. The fraction of sp³-hybridized carbons (Fsp3) is 0.346. The van der Waals surface area contributed by atoms with Gasteiger partial charge >= 0.3 is 0 Å². The molecule has 0 fully saturated rings. The number of nitrogens with zero attached hydrogens (tertiary/aromatic N) is 1. The summed E-state index contributed by atoms with van der Waals surface area (Å²) in [5, 5.41) is 4.95. The molecule has 28 heavy (non-hydrogen) atoms. The lowest BCUT2D eigenvalue weighted by atomic mass is 9.93. The predicted molar refractivity (Wildman–Crippen MR) is 122 cm³/mol. The van der Waals surface area contributed by atoms with Gasteiger partial charge in [0.05, 0.1) is 11.4 Å². The third-order valence-electron chi connectivity index (χ3n) is 5.45. The molecule has 0 radical (unpaired) electrons. The van der Waals surface area contributed by atoms with Crippen LogP contribution in [-0.4, -0.2) is 5.71 Å². The molecule has 2 aromatic carbocycles. The predicted octanol–water partition coefficient (Wildman–Crippen LogP) is 7.42. The number of anilines is 1. The lowest BCUT2D eigenvalue weighted by Gasteiger charge is -2.19. The van der Waals surface area contributed by atoms with Crippen LogP contribution in [0.15, 0.2) is 76.9 Å². The van der Waals surface area contributed by atoms with E-state index in [1.54, 1.807) is 0 Å². The maximum absolute atomic E-state index is 4.95. The highest BCUT2D eigenvalue weighted by Crippen LogP contribution is 2.33. The van der Waals surface area contributed by atoms with Crippen molar-refractivity contribution in [1.82, 2.24) is 0 Å². The Morgan fingerprint density at radius 3 is 2.11 bits per heavy atom. The Balaban J connectivity index is 1.99. The van der Waals surface area contributed by atoms with Crippen LogP contribution in [0.4, 0.5) is 5.69 Å². The summed E-state index contributed by atoms with van der Waals surface area (Å²) >= 11 is 0. The molecule has 0 heterocycles. The summed E-state index contributed by atoms with van der Waals surface area (Å²) in [5.74, 6) is 0.890. The van der Waals surface area contributed by atoms with Crippen molar-refractivity contribution in [3.8, 4) is 0 Å².